The highest BCUT2D eigenvalue weighted by Crippen LogP contribution is 2.28. The lowest BCUT2D eigenvalue weighted by Crippen LogP contribution is -2.21. The molecule has 0 saturated heterocycles. The van der Waals surface area contributed by atoms with Gasteiger partial charge in [0.15, 0.2) is 5.78 Å². The van der Waals surface area contributed by atoms with Crippen LogP contribution < -0.4 is 9.47 Å². The van der Waals surface area contributed by atoms with Crippen molar-refractivity contribution >= 4 is 88.5 Å². The van der Waals surface area contributed by atoms with Gasteiger partial charge in [-0.2, -0.15) is 58.8 Å². The van der Waals surface area contributed by atoms with Gasteiger partial charge in [0.05, 0.1) is 25.7 Å². The Morgan fingerprint density at radius 2 is 0.797 bits per heavy atom. The van der Waals surface area contributed by atoms with E-state index in [-0.39, 0.29) is 105 Å². The highest BCUT2D eigenvalue weighted by atomic mass is 32.2. The molecule has 0 saturated carbocycles. The Balaban J connectivity index is 1.22. The van der Waals surface area contributed by atoms with E-state index in [1.807, 2.05) is 139 Å². The molecule has 17 heteroatoms. The van der Waals surface area contributed by atoms with Gasteiger partial charge in [0, 0.05) is 76.3 Å². The van der Waals surface area contributed by atoms with Crippen molar-refractivity contribution in [2.75, 3.05) is 98.9 Å². The maximum Gasteiger partial charge on any atom is 0.310 e. The van der Waals surface area contributed by atoms with Gasteiger partial charge in [-0.25, -0.2) is 0 Å². The van der Waals surface area contributed by atoms with Crippen LogP contribution in [0.4, 0.5) is 0 Å². The Morgan fingerprint density at radius 1 is 0.418 bits per heavy atom. The van der Waals surface area contributed by atoms with Crippen LogP contribution in [0, 0.1) is 0 Å². The zero-order valence-electron chi connectivity index (χ0n) is 45.3. The van der Waals surface area contributed by atoms with Crippen LogP contribution >= 0.6 is 58.8 Å². The Kier molecular flexibility index (Phi) is 33.6. The van der Waals surface area contributed by atoms with E-state index in [0.717, 1.165) is 66.2 Å². The van der Waals surface area contributed by atoms with Crippen LogP contribution in [0.5, 0.6) is 11.5 Å². The van der Waals surface area contributed by atoms with Crippen molar-refractivity contribution in [2.24, 2.45) is 0 Å². The van der Waals surface area contributed by atoms with E-state index in [1.165, 1.54) is 0 Å². The lowest BCUT2D eigenvalue weighted by Gasteiger charge is -2.20. The van der Waals surface area contributed by atoms with Crippen LogP contribution in [0.1, 0.15) is 65.2 Å². The number of thioether (sulfide) groups is 5. The number of rotatable bonds is 43. The molecule has 5 aromatic carbocycles. The Bertz CT molecular complexity index is 2320. The van der Waals surface area contributed by atoms with Crippen molar-refractivity contribution < 1.29 is 57.1 Å². The Labute approximate surface area is 489 Å². The van der Waals surface area contributed by atoms with Crippen molar-refractivity contribution in [3.8, 4) is 11.5 Å². The molecule has 2 unspecified atom stereocenters. The summed E-state index contributed by atoms with van der Waals surface area (Å²) in [6, 6.07) is 43.4. The second kappa shape index (κ2) is 41.0. The second-order valence-corrected chi connectivity index (χ2v) is 24.4. The number of ketones is 1. The molecule has 0 aromatic heterocycles. The highest BCUT2D eigenvalue weighted by Gasteiger charge is 2.18. The number of hydrogen-bond acceptors (Lipinski definition) is 17. The smallest absolute Gasteiger partial charge is 0.310 e. The summed E-state index contributed by atoms with van der Waals surface area (Å²) >= 11 is 8.37. The summed E-state index contributed by atoms with van der Waals surface area (Å²) in [4.78, 5) is 64.3. The number of Topliss-reactive ketones (excluding diaryl/α,β-unsaturated/α-hetero) is 1. The Morgan fingerprint density at radius 3 is 1.19 bits per heavy atom. The standard InChI is InChI=1S/C62H76O12S5/c1-2-26-68-27-16-33-75-32-15-25-58(63)53-42-54(73-45-56(78-36-30-71-61(66)40-51-21-11-5-12-22-51)47-76-34-28-69-59(64)38-49-17-7-3-8-18-49)44-55(43-53)74-46-57(79-37-31-72-62(67)41-52-23-13-6-14-24-52)48-77-35-29-70-60(65)39-50-19-9-4-10-20-50/h3-14,17-24,42-44,56-57H,2,15-16,25-41,45-48H2,1H3. The van der Waals surface area contributed by atoms with Gasteiger partial charge in [-0.15, -0.1) is 0 Å². The van der Waals surface area contributed by atoms with Crippen molar-refractivity contribution in [1.29, 1.82) is 0 Å². The zero-order chi connectivity index (χ0) is 55.8. The number of hydrogen-bond donors (Lipinski definition) is 0. The molecular formula is C62H76O12S5. The fourth-order valence-electron chi connectivity index (χ4n) is 7.51. The quantitative estimate of drug-likeness (QED) is 0.0157. The molecular weight excluding hydrogens is 1100 g/mol. The molecule has 0 heterocycles. The van der Waals surface area contributed by atoms with Crippen molar-refractivity contribution in [1.82, 2.24) is 0 Å². The van der Waals surface area contributed by atoms with Crippen LogP contribution in [-0.2, 0) is 68.5 Å². The first-order chi connectivity index (χ1) is 38.7. The third-order valence-electron chi connectivity index (χ3n) is 11.4. The van der Waals surface area contributed by atoms with Gasteiger partial charge in [0.1, 0.15) is 51.1 Å². The first-order valence-corrected chi connectivity index (χ1v) is 32.5. The van der Waals surface area contributed by atoms with Gasteiger partial charge in [0.2, 0.25) is 0 Å². The minimum atomic E-state index is -0.294. The first-order valence-electron chi connectivity index (χ1n) is 27.0. The van der Waals surface area contributed by atoms with Gasteiger partial charge in [-0.05, 0) is 65.2 Å². The predicted octanol–water partition coefficient (Wildman–Crippen LogP) is 11.8. The third kappa shape index (κ3) is 30.4. The summed E-state index contributed by atoms with van der Waals surface area (Å²) in [5.41, 5.74) is 4.07. The molecule has 0 aliphatic rings. The van der Waals surface area contributed by atoms with Crippen molar-refractivity contribution in [3.63, 3.8) is 0 Å². The summed E-state index contributed by atoms with van der Waals surface area (Å²) in [5, 5.41) is -0.105. The largest absolute Gasteiger partial charge is 0.492 e. The number of esters is 4. The Hall–Kier alpha value is -5.04. The summed E-state index contributed by atoms with van der Waals surface area (Å²) < 4.78 is 41.0. The molecule has 0 aliphatic carbocycles. The number of carbonyl (C=O) groups excluding carboxylic acids is 5. The van der Waals surface area contributed by atoms with Crippen LogP contribution in [0.2, 0.25) is 0 Å². The second-order valence-electron chi connectivity index (χ2n) is 18.1. The van der Waals surface area contributed by atoms with Crippen molar-refractivity contribution in [2.45, 2.75) is 68.8 Å². The lowest BCUT2D eigenvalue weighted by atomic mass is 10.1. The molecule has 5 rings (SSSR count). The molecule has 5 aromatic rings. The molecule has 0 spiro atoms. The molecule has 79 heavy (non-hydrogen) atoms. The van der Waals surface area contributed by atoms with Crippen LogP contribution in [0.15, 0.2) is 140 Å². The van der Waals surface area contributed by atoms with Gasteiger partial charge in [0.25, 0.3) is 0 Å². The molecule has 0 amide bonds. The predicted molar refractivity (Wildman–Crippen MR) is 326 cm³/mol. The van der Waals surface area contributed by atoms with Crippen LogP contribution in [0.3, 0.4) is 0 Å². The fraction of sp³-hybridized carbons (Fsp3) is 0.435. The summed E-state index contributed by atoms with van der Waals surface area (Å²) in [5.74, 6) is 5.22. The zero-order valence-corrected chi connectivity index (χ0v) is 49.4. The monoisotopic (exact) mass is 1170 g/mol. The first kappa shape index (κ1) is 64.8. The molecule has 0 fully saturated rings. The molecule has 0 N–H and O–H groups in total. The molecule has 0 bridgehead atoms. The highest BCUT2D eigenvalue weighted by molar-refractivity contribution is 8.03. The maximum absolute atomic E-state index is 13.9. The fourth-order valence-corrected chi connectivity index (χ4v) is 12.5. The van der Waals surface area contributed by atoms with Gasteiger partial charge < -0.3 is 33.2 Å². The molecule has 426 valence electrons. The van der Waals surface area contributed by atoms with E-state index in [2.05, 4.69) is 6.92 Å². The van der Waals surface area contributed by atoms with Gasteiger partial charge >= 0.3 is 23.9 Å². The molecule has 12 nitrogen and oxygen atoms in total. The number of ether oxygens (including phenoxy) is 7. The molecule has 0 radical (unpaired) electrons. The maximum atomic E-state index is 13.9. The normalized spacial score (nSPS) is 11.8. The van der Waals surface area contributed by atoms with Crippen molar-refractivity contribution in [3.05, 3.63) is 167 Å². The van der Waals surface area contributed by atoms with Crippen LogP contribution in [0.25, 0.3) is 0 Å². The van der Waals surface area contributed by atoms with E-state index >= 15 is 0 Å². The number of carbonyl (C=O) groups is 5. The molecule has 2 atom stereocenters. The average Bonchev–Trinajstić information content (AvgIpc) is 3.46. The third-order valence-corrected chi connectivity index (χ3v) is 17.6. The SMILES string of the molecule is CCCOCCCSCCCC(=O)c1cc(OCC(CSCCOC(=O)Cc2ccccc2)SCCOC(=O)Cc2ccccc2)cc(OCC(CSCCOC(=O)Cc2ccccc2)SCCOC(=O)Cc2ccccc2)c1. The minimum absolute atomic E-state index is 0.0107. The van der Waals surface area contributed by atoms with E-state index in [4.69, 9.17) is 33.2 Å². The summed E-state index contributed by atoms with van der Waals surface area (Å²) in [7, 11) is 0. The van der Waals surface area contributed by atoms with E-state index in [0.29, 0.717) is 58.0 Å². The summed E-state index contributed by atoms with van der Waals surface area (Å²) in [6.45, 7) is 5.17. The van der Waals surface area contributed by atoms with Gasteiger partial charge in [-0.1, -0.05) is 128 Å². The topological polar surface area (TPSA) is 150 Å². The number of benzene rings is 5. The van der Waals surface area contributed by atoms with E-state index in [9.17, 15) is 24.0 Å². The molecule has 0 aliphatic heterocycles. The van der Waals surface area contributed by atoms with E-state index in [1.54, 1.807) is 59.2 Å². The van der Waals surface area contributed by atoms with Crippen LogP contribution in [-0.4, -0.2) is 139 Å². The minimum Gasteiger partial charge on any atom is -0.492 e. The lowest BCUT2D eigenvalue weighted by molar-refractivity contribution is -0.143. The van der Waals surface area contributed by atoms with Gasteiger partial charge in [-0.3, -0.25) is 24.0 Å². The summed E-state index contributed by atoms with van der Waals surface area (Å²) in [6.07, 6.45) is 3.87. The average molecular weight is 1170 g/mol. The van der Waals surface area contributed by atoms with E-state index < -0.39 is 0 Å².